The molecular weight excluding hydrogens is 285 g/mol. The average molecular weight is 292 g/mol. The van der Waals surface area contributed by atoms with Crippen molar-refractivity contribution in [3.05, 3.63) is 33.8 Å². The highest BCUT2D eigenvalue weighted by atomic mass is 35.5. The molecule has 0 bridgehead atoms. The smallest absolute Gasteiger partial charge is 0.239 e. The first-order valence-corrected chi connectivity index (χ1v) is 6.56. The maximum atomic E-state index is 11.5. The van der Waals surface area contributed by atoms with E-state index in [2.05, 4.69) is 5.32 Å². The molecule has 2 nitrogen and oxygen atoms in total. The predicted molar refractivity (Wildman–Crippen MR) is 72.3 cm³/mol. The predicted octanol–water partition coefficient (Wildman–Crippen LogP) is 3.05. The van der Waals surface area contributed by atoms with E-state index in [1.54, 1.807) is 12.1 Å². The van der Waals surface area contributed by atoms with Crippen LogP contribution in [-0.2, 0) is 11.2 Å². The summed E-state index contributed by atoms with van der Waals surface area (Å²) in [6.45, 7) is 0. The number of carbonyl (C=O) groups is 1. The van der Waals surface area contributed by atoms with Crippen LogP contribution < -0.4 is 5.32 Å². The standard InChI is InChI=1S/C10H7Cl2NOS2/c11-6-2-1-5(3-7(6)12)4-8-9(14)13-10(15)16-8/h1-3,8H,4H2,(H,13,14,15). The molecule has 0 saturated carbocycles. The Morgan fingerprint density at radius 1 is 1.38 bits per heavy atom. The van der Waals surface area contributed by atoms with Gasteiger partial charge in [-0.2, -0.15) is 0 Å². The summed E-state index contributed by atoms with van der Waals surface area (Å²) in [7, 11) is 0. The molecule has 2 rings (SSSR count). The summed E-state index contributed by atoms with van der Waals surface area (Å²) in [6, 6.07) is 5.37. The van der Waals surface area contributed by atoms with Gasteiger partial charge < -0.3 is 5.32 Å². The molecule has 0 aliphatic carbocycles. The monoisotopic (exact) mass is 291 g/mol. The van der Waals surface area contributed by atoms with Gasteiger partial charge in [0.05, 0.1) is 15.3 Å². The van der Waals surface area contributed by atoms with Gasteiger partial charge in [-0.05, 0) is 24.1 Å². The van der Waals surface area contributed by atoms with Crippen molar-refractivity contribution in [1.82, 2.24) is 5.32 Å². The van der Waals surface area contributed by atoms with Crippen molar-refractivity contribution >= 4 is 57.4 Å². The fraction of sp³-hybridized carbons (Fsp3) is 0.200. The summed E-state index contributed by atoms with van der Waals surface area (Å²) in [4.78, 5) is 11.5. The lowest BCUT2D eigenvalue weighted by Crippen LogP contribution is -2.25. The lowest BCUT2D eigenvalue weighted by atomic mass is 10.1. The Labute approximate surface area is 113 Å². The molecule has 6 heteroatoms. The van der Waals surface area contributed by atoms with Crippen LogP contribution in [0.5, 0.6) is 0 Å². The van der Waals surface area contributed by atoms with Gasteiger partial charge in [0.1, 0.15) is 4.32 Å². The van der Waals surface area contributed by atoms with Gasteiger partial charge >= 0.3 is 0 Å². The van der Waals surface area contributed by atoms with Gasteiger partial charge in [0, 0.05) is 0 Å². The van der Waals surface area contributed by atoms with Gasteiger partial charge in [0.25, 0.3) is 0 Å². The summed E-state index contributed by atoms with van der Waals surface area (Å²) < 4.78 is 0.537. The fourth-order valence-electron chi connectivity index (χ4n) is 1.41. The number of carbonyl (C=O) groups excluding carboxylic acids is 1. The van der Waals surface area contributed by atoms with Crippen molar-refractivity contribution in [2.24, 2.45) is 0 Å². The first-order valence-electron chi connectivity index (χ1n) is 4.51. The van der Waals surface area contributed by atoms with Gasteiger partial charge in [-0.1, -0.05) is 53.2 Å². The fourth-order valence-corrected chi connectivity index (χ4v) is 3.04. The van der Waals surface area contributed by atoms with E-state index < -0.39 is 0 Å². The van der Waals surface area contributed by atoms with Gasteiger partial charge in [0.2, 0.25) is 5.91 Å². The second kappa shape index (κ2) is 4.92. The Morgan fingerprint density at radius 3 is 2.69 bits per heavy atom. The number of amides is 1. The summed E-state index contributed by atoms with van der Waals surface area (Å²) >= 11 is 18.0. The zero-order chi connectivity index (χ0) is 11.7. The highest BCUT2D eigenvalue weighted by molar-refractivity contribution is 8.24. The molecule has 84 valence electrons. The molecule has 1 fully saturated rings. The highest BCUT2D eigenvalue weighted by Crippen LogP contribution is 2.27. The van der Waals surface area contributed by atoms with Crippen LogP contribution in [0.2, 0.25) is 10.0 Å². The van der Waals surface area contributed by atoms with Crippen LogP contribution in [0, 0.1) is 0 Å². The number of halogens is 2. The van der Waals surface area contributed by atoms with Crippen LogP contribution in [0.4, 0.5) is 0 Å². The zero-order valence-electron chi connectivity index (χ0n) is 8.00. The van der Waals surface area contributed by atoms with E-state index in [4.69, 9.17) is 35.4 Å². The quantitative estimate of drug-likeness (QED) is 0.849. The van der Waals surface area contributed by atoms with Gasteiger partial charge in [-0.15, -0.1) is 0 Å². The molecular formula is C10H7Cl2NOS2. The average Bonchev–Trinajstić information content (AvgIpc) is 2.51. The van der Waals surface area contributed by atoms with Gasteiger partial charge in [0.15, 0.2) is 0 Å². The summed E-state index contributed by atoms with van der Waals surface area (Å²) in [6.07, 6.45) is 0.605. The van der Waals surface area contributed by atoms with Gasteiger partial charge in [-0.25, -0.2) is 0 Å². The normalized spacial score (nSPS) is 20.0. The maximum absolute atomic E-state index is 11.5. The minimum Gasteiger partial charge on any atom is -0.311 e. The van der Waals surface area contributed by atoms with Crippen LogP contribution in [-0.4, -0.2) is 15.5 Å². The number of hydrogen-bond acceptors (Lipinski definition) is 3. The second-order valence-electron chi connectivity index (χ2n) is 3.34. The molecule has 1 saturated heterocycles. The Bertz CT molecular complexity index is 464. The number of hydrogen-bond donors (Lipinski definition) is 1. The van der Waals surface area contributed by atoms with Crippen LogP contribution >= 0.6 is 47.2 Å². The first kappa shape index (κ1) is 12.2. The SMILES string of the molecule is O=C1NC(=S)SC1Cc1ccc(Cl)c(Cl)c1. The first-order chi connectivity index (χ1) is 7.56. The van der Waals surface area contributed by atoms with Crippen molar-refractivity contribution in [2.45, 2.75) is 11.7 Å². The van der Waals surface area contributed by atoms with E-state index in [0.29, 0.717) is 20.8 Å². The number of thioether (sulfide) groups is 1. The van der Waals surface area contributed by atoms with E-state index in [-0.39, 0.29) is 11.2 Å². The topological polar surface area (TPSA) is 29.1 Å². The third-order valence-electron chi connectivity index (χ3n) is 2.17. The lowest BCUT2D eigenvalue weighted by molar-refractivity contribution is -0.118. The maximum Gasteiger partial charge on any atom is 0.239 e. The molecule has 0 radical (unpaired) electrons. The molecule has 1 aliphatic heterocycles. The van der Waals surface area contributed by atoms with E-state index in [1.807, 2.05) is 6.07 Å². The number of rotatable bonds is 2. The van der Waals surface area contributed by atoms with E-state index in [1.165, 1.54) is 11.8 Å². The second-order valence-corrected chi connectivity index (χ2v) is 6.03. The Morgan fingerprint density at radius 2 is 2.12 bits per heavy atom. The molecule has 1 heterocycles. The van der Waals surface area contributed by atoms with Crippen LogP contribution in [0.15, 0.2) is 18.2 Å². The molecule has 1 unspecified atom stereocenters. The van der Waals surface area contributed by atoms with Crippen LogP contribution in [0.25, 0.3) is 0 Å². The minimum absolute atomic E-state index is 0.0407. The number of benzene rings is 1. The van der Waals surface area contributed by atoms with Crippen molar-refractivity contribution in [2.75, 3.05) is 0 Å². The van der Waals surface area contributed by atoms with Crippen LogP contribution in [0.1, 0.15) is 5.56 Å². The van der Waals surface area contributed by atoms with E-state index >= 15 is 0 Å². The molecule has 1 N–H and O–H groups in total. The van der Waals surface area contributed by atoms with Crippen molar-refractivity contribution in [3.8, 4) is 0 Å². The van der Waals surface area contributed by atoms with Crippen molar-refractivity contribution < 1.29 is 4.79 Å². The lowest BCUT2D eigenvalue weighted by Gasteiger charge is -2.06. The largest absolute Gasteiger partial charge is 0.311 e. The highest BCUT2D eigenvalue weighted by Gasteiger charge is 2.28. The summed E-state index contributed by atoms with van der Waals surface area (Å²) in [5, 5.41) is 3.47. The molecule has 0 spiro atoms. The Kier molecular flexibility index (Phi) is 3.74. The van der Waals surface area contributed by atoms with E-state index in [0.717, 1.165) is 5.56 Å². The number of thiocarbonyl (C=S) groups is 1. The molecule has 1 aromatic rings. The zero-order valence-corrected chi connectivity index (χ0v) is 11.1. The molecule has 0 aromatic heterocycles. The molecule has 1 amide bonds. The van der Waals surface area contributed by atoms with Crippen LogP contribution in [0.3, 0.4) is 0 Å². The third kappa shape index (κ3) is 2.69. The molecule has 16 heavy (non-hydrogen) atoms. The Hall–Kier alpha value is -0.290. The number of nitrogens with one attached hydrogen (secondary N) is 1. The molecule has 1 atom stereocenters. The Balaban J connectivity index is 2.12. The van der Waals surface area contributed by atoms with Gasteiger partial charge in [-0.3, -0.25) is 4.79 Å². The molecule has 1 aromatic carbocycles. The molecule has 1 aliphatic rings. The van der Waals surface area contributed by atoms with Crippen molar-refractivity contribution in [1.29, 1.82) is 0 Å². The minimum atomic E-state index is -0.162. The van der Waals surface area contributed by atoms with E-state index in [9.17, 15) is 4.79 Å². The summed E-state index contributed by atoms with van der Waals surface area (Å²) in [5.74, 6) is -0.0407. The summed E-state index contributed by atoms with van der Waals surface area (Å²) in [5.41, 5.74) is 0.978. The third-order valence-corrected chi connectivity index (χ3v) is 4.28. The van der Waals surface area contributed by atoms with Crippen molar-refractivity contribution in [3.63, 3.8) is 0 Å².